The monoisotopic (exact) mass is 531 g/mol. The molecule has 0 atom stereocenters. The summed E-state index contributed by atoms with van der Waals surface area (Å²) < 4.78 is 11.1. The van der Waals surface area contributed by atoms with Gasteiger partial charge >= 0.3 is 5.97 Å². The van der Waals surface area contributed by atoms with Gasteiger partial charge in [-0.2, -0.15) is 0 Å². The van der Waals surface area contributed by atoms with Gasteiger partial charge in [-0.25, -0.2) is 14.2 Å². The van der Waals surface area contributed by atoms with E-state index in [-0.39, 0.29) is 6.61 Å². The summed E-state index contributed by atoms with van der Waals surface area (Å²) in [6.07, 6.45) is 3.67. The van der Waals surface area contributed by atoms with Crippen LogP contribution in [0.2, 0.25) is 0 Å². The van der Waals surface area contributed by atoms with Crippen LogP contribution in [0.5, 0.6) is 0 Å². The number of hydrogen-bond acceptors (Lipinski definition) is 6. The minimum Gasteiger partial charge on any atom is -0.454 e. The molecule has 0 aliphatic rings. The lowest BCUT2D eigenvalue weighted by Gasteiger charge is -2.09. The molecule has 0 bridgehead atoms. The molecule has 6 rings (SSSR count). The van der Waals surface area contributed by atoms with E-state index in [0.717, 1.165) is 50.2 Å². The van der Waals surface area contributed by atoms with Crippen LogP contribution in [0.3, 0.4) is 0 Å². The number of hydrogen-bond donors (Lipinski definition) is 0. The van der Waals surface area contributed by atoms with Crippen LogP contribution in [-0.2, 0) is 17.9 Å². The molecule has 0 spiro atoms. The number of carbonyl (C=O) groups excluding carboxylic acids is 1. The normalized spacial score (nSPS) is 11.3. The molecule has 40 heavy (non-hydrogen) atoms. The van der Waals surface area contributed by atoms with Crippen molar-refractivity contribution in [2.75, 3.05) is 0 Å². The third kappa shape index (κ3) is 5.13. The first-order valence-electron chi connectivity index (χ1n) is 13.1. The molecule has 0 saturated carbocycles. The van der Waals surface area contributed by atoms with E-state index >= 15 is 0 Å². The Morgan fingerprint density at radius 3 is 1.90 bits per heavy atom. The second-order valence-corrected chi connectivity index (χ2v) is 10.3. The zero-order chi connectivity index (χ0) is 27.8. The molecule has 0 aliphatic heterocycles. The van der Waals surface area contributed by atoms with Crippen molar-refractivity contribution in [3.05, 3.63) is 118 Å². The van der Waals surface area contributed by atoms with E-state index in [4.69, 9.17) is 4.74 Å². The molecule has 0 aliphatic carbocycles. The van der Waals surface area contributed by atoms with Gasteiger partial charge in [0.05, 0.1) is 30.3 Å². The molecule has 0 fully saturated rings. The van der Waals surface area contributed by atoms with E-state index in [2.05, 4.69) is 58.7 Å². The van der Waals surface area contributed by atoms with Gasteiger partial charge in [0.15, 0.2) is 0 Å². The van der Waals surface area contributed by atoms with Crippen LogP contribution in [0, 0.1) is 27.7 Å². The van der Waals surface area contributed by atoms with Crippen LogP contribution in [-0.4, -0.2) is 40.5 Å². The first-order valence-corrected chi connectivity index (χ1v) is 13.1. The van der Waals surface area contributed by atoms with Gasteiger partial charge in [0.25, 0.3) is 0 Å². The predicted molar refractivity (Wildman–Crippen MR) is 152 cm³/mol. The summed E-state index contributed by atoms with van der Waals surface area (Å²) >= 11 is 0. The third-order valence-electron chi connectivity index (χ3n) is 6.71. The molecule has 3 heterocycles. The van der Waals surface area contributed by atoms with Gasteiger partial charge in [0.1, 0.15) is 23.7 Å². The number of ether oxygens (including phenoxy) is 1. The zero-order valence-electron chi connectivity index (χ0n) is 22.9. The van der Waals surface area contributed by atoms with Gasteiger partial charge in [0.2, 0.25) is 0 Å². The molecule has 3 aromatic heterocycles. The second-order valence-electron chi connectivity index (χ2n) is 10.3. The first-order chi connectivity index (χ1) is 19.3. The molecule has 0 saturated heterocycles. The van der Waals surface area contributed by atoms with Gasteiger partial charge in [0, 0.05) is 10.9 Å². The van der Waals surface area contributed by atoms with Crippen molar-refractivity contribution in [3.63, 3.8) is 0 Å². The van der Waals surface area contributed by atoms with E-state index in [0.29, 0.717) is 17.9 Å². The summed E-state index contributed by atoms with van der Waals surface area (Å²) in [5.41, 5.74) is 9.09. The highest BCUT2D eigenvalue weighted by atomic mass is 16.5. The van der Waals surface area contributed by atoms with Crippen LogP contribution >= 0.6 is 0 Å². The number of aromatic nitrogens is 7. The van der Waals surface area contributed by atoms with Crippen molar-refractivity contribution in [3.8, 4) is 11.4 Å². The number of fused-ring (bicyclic) bond motifs is 1. The quantitative estimate of drug-likeness (QED) is 0.255. The number of rotatable bonds is 7. The smallest absolute Gasteiger partial charge is 0.355 e. The second kappa shape index (κ2) is 10.3. The highest BCUT2D eigenvalue weighted by Crippen LogP contribution is 2.23. The first kappa shape index (κ1) is 25.2. The van der Waals surface area contributed by atoms with Gasteiger partial charge in [-0.1, -0.05) is 40.8 Å². The van der Waals surface area contributed by atoms with Crippen molar-refractivity contribution in [2.24, 2.45) is 0 Å². The fraction of sp³-hybridized carbons (Fsp3) is 0.194. The van der Waals surface area contributed by atoms with Crippen molar-refractivity contribution in [2.45, 2.75) is 40.8 Å². The Hall–Kier alpha value is -5.05. The van der Waals surface area contributed by atoms with E-state index < -0.39 is 5.97 Å². The standard InChI is InChI=1S/C31H29N7O2/c1-20-9-21(2)12-27(11-20)37-17-25(32-34-37)16-36-29-8-6-5-7-24(29)15-30(36)31(39)40-19-26-18-38(35-33-26)28-13-22(3)10-23(4)14-28/h5-15,17-18H,16,19H2,1-4H3. The topological polar surface area (TPSA) is 92.7 Å². The SMILES string of the molecule is Cc1cc(C)cc(-n2cc(COC(=O)c3cc4ccccc4n3Cc3cn(-c4cc(C)cc(C)c4)nn3)nn2)c1. The van der Waals surface area contributed by atoms with Gasteiger partial charge < -0.3 is 9.30 Å². The minimum atomic E-state index is -0.446. The van der Waals surface area contributed by atoms with Crippen LogP contribution in [0.4, 0.5) is 0 Å². The summed E-state index contributed by atoms with van der Waals surface area (Å²) in [6, 6.07) is 22.1. The van der Waals surface area contributed by atoms with E-state index in [9.17, 15) is 4.79 Å². The zero-order valence-corrected chi connectivity index (χ0v) is 22.9. The molecular formula is C31H29N7O2. The lowest BCUT2D eigenvalue weighted by Crippen LogP contribution is -2.13. The largest absolute Gasteiger partial charge is 0.454 e. The van der Waals surface area contributed by atoms with Crippen molar-refractivity contribution in [1.29, 1.82) is 0 Å². The molecule has 9 nitrogen and oxygen atoms in total. The Morgan fingerprint density at radius 2 is 1.27 bits per heavy atom. The number of benzene rings is 3. The van der Waals surface area contributed by atoms with E-state index in [1.54, 1.807) is 15.6 Å². The average Bonchev–Trinajstić information content (AvgIpc) is 3.66. The Balaban J connectivity index is 1.23. The number of aryl methyl sites for hydroxylation is 4. The predicted octanol–water partition coefficient (Wildman–Crippen LogP) is 5.44. The summed E-state index contributed by atoms with van der Waals surface area (Å²) in [5.74, 6) is -0.446. The maximum Gasteiger partial charge on any atom is 0.355 e. The minimum absolute atomic E-state index is 0.00798. The highest BCUT2D eigenvalue weighted by Gasteiger charge is 2.19. The Morgan fingerprint density at radius 1 is 0.725 bits per heavy atom. The molecule has 3 aromatic carbocycles. The van der Waals surface area contributed by atoms with Crippen molar-refractivity contribution >= 4 is 16.9 Å². The Kier molecular flexibility index (Phi) is 6.47. The summed E-state index contributed by atoms with van der Waals surface area (Å²) in [6.45, 7) is 8.57. The van der Waals surface area contributed by atoms with Gasteiger partial charge in [-0.3, -0.25) is 0 Å². The summed E-state index contributed by atoms with van der Waals surface area (Å²) in [7, 11) is 0. The molecule has 200 valence electrons. The van der Waals surface area contributed by atoms with Crippen molar-refractivity contribution in [1.82, 2.24) is 34.6 Å². The van der Waals surface area contributed by atoms with Crippen LogP contribution in [0.1, 0.15) is 44.1 Å². The van der Waals surface area contributed by atoms with Crippen molar-refractivity contribution < 1.29 is 9.53 Å². The third-order valence-corrected chi connectivity index (χ3v) is 6.71. The number of carbonyl (C=O) groups is 1. The molecule has 6 aromatic rings. The highest BCUT2D eigenvalue weighted by molar-refractivity contribution is 5.95. The maximum atomic E-state index is 13.3. The van der Waals surface area contributed by atoms with Crippen LogP contribution < -0.4 is 0 Å². The molecular weight excluding hydrogens is 502 g/mol. The number of nitrogens with zero attached hydrogens (tertiary/aromatic N) is 7. The fourth-order valence-corrected chi connectivity index (χ4v) is 5.08. The molecule has 0 amide bonds. The van der Waals surface area contributed by atoms with E-state index in [1.165, 1.54) is 0 Å². The Bertz CT molecular complexity index is 1820. The lowest BCUT2D eigenvalue weighted by atomic mass is 10.1. The molecule has 0 N–H and O–H groups in total. The molecule has 0 unspecified atom stereocenters. The fourth-order valence-electron chi connectivity index (χ4n) is 5.08. The van der Waals surface area contributed by atoms with Crippen LogP contribution in [0.25, 0.3) is 22.3 Å². The lowest BCUT2D eigenvalue weighted by molar-refractivity contribution is 0.0456. The van der Waals surface area contributed by atoms with Crippen LogP contribution in [0.15, 0.2) is 79.1 Å². The average molecular weight is 532 g/mol. The maximum absolute atomic E-state index is 13.3. The number of para-hydroxylation sites is 1. The molecule has 0 radical (unpaired) electrons. The summed E-state index contributed by atoms with van der Waals surface area (Å²) in [4.78, 5) is 13.3. The number of esters is 1. The summed E-state index contributed by atoms with van der Waals surface area (Å²) in [5, 5.41) is 18.1. The van der Waals surface area contributed by atoms with Gasteiger partial charge in [-0.15, -0.1) is 10.2 Å². The van der Waals surface area contributed by atoms with Gasteiger partial charge in [-0.05, 0) is 86.3 Å². The van der Waals surface area contributed by atoms with E-state index in [1.807, 2.05) is 67.1 Å². The molecule has 9 heteroatoms. The Labute approximate surface area is 231 Å².